The Morgan fingerprint density at radius 2 is 2.17 bits per heavy atom. The van der Waals surface area contributed by atoms with Crippen molar-refractivity contribution in [1.82, 2.24) is 4.90 Å². The minimum absolute atomic E-state index is 0.411. The SMILES string of the molecule is COc1ccc2c(c1)CN(C(=O)C(C)=O)CCS2. The lowest BCUT2D eigenvalue weighted by atomic mass is 10.2. The Morgan fingerprint density at radius 1 is 1.39 bits per heavy atom. The zero-order valence-corrected chi connectivity index (χ0v) is 11.3. The summed E-state index contributed by atoms with van der Waals surface area (Å²) < 4.78 is 5.18. The number of thioether (sulfide) groups is 1. The van der Waals surface area contributed by atoms with Gasteiger partial charge in [0.2, 0.25) is 5.78 Å². The van der Waals surface area contributed by atoms with E-state index in [4.69, 9.17) is 4.74 Å². The Bertz CT molecular complexity index is 487. The maximum absolute atomic E-state index is 11.8. The number of ether oxygens (including phenoxy) is 1. The van der Waals surface area contributed by atoms with Crippen molar-refractivity contribution >= 4 is 23.5 Å². The molecule has 1 aromatic carbocycles. The fraction of sp³-hybridized carbons (Fsp3) is 0.385. The number of fused-ring (bicyclic) bond motifs is 1. The normalized spacial score (nSPS) is 14.7. The topological polar surface area (TPSA) is 46.6 Å². The van der Waals surface area contributed by atoms with Crippen LogP contribution in [-0.4, -0.2) is 36.0 Å². The zero-order chi connectivity index (χ0) is 13.1. The van der Waals surface area contributed by atoms with Crippen molar-refractivity contribution in [2.75, 3.05) is 19.4 Å². The van der Waals surface area contributed by atoms with Gasteiger partial charge in [0.15, 0.2) is 0 Å². The molecule has 2 rings (SSSR count). The predicted molar refractivity (Wildman–Crippen MR) is 69.8 cm³/mol. The average Bonchev–Trinajstić information content (AvgIpc) is 2.58. The minimum Gasteiger partial charge on any atom is -0.497 e. The molecule has 18 heavy (non-hydrogen) atoms. The average molecular weight is 265 g/mol. The zero-order valence-electron chi connectivity index (χ0n) is 10.4. The molecule has 0 aliphatic carbocycles. The molecular weight excluding hydrogens is 250 g/mol. The summed E-state index contributed by atoms with van der Waals surface area (Å²) in [4.78, 5) is 25.7. The second kappa shape index (κ2) is 5.44. The van der Waals surface area contributed by atoms with Gasteiger partial charge in [0.25, 0.3) is 5.91 Å². The van der Waals surface area contributed by atoms with E-state index in [2.05, 4.69) is 0 Å². The van der Waals surface area contributed by atoms with Crippen molar-refractivity contribution in [3.8, 4) is 5.75 Å². The van der Waals surface area contributed by atoms with Gasteiger partial charge in [-0.1, -0.05) is 0 Å². The van der Waals surface area contributed by atoms with Crippen LogP contribution >= 0.6 is 11.8 Å². The van der Waals surface area contributed by atoms with Crippen LogP contribution in [0.5, 0.6) is 5.75 Å². The molecule has 0 bridgehead atoms. The largest absolute Gasteiger partial charge is 0.497 e. The summed E-state index contributed by atoms with van der Waals surface area (Å²) in [5.74, 6) is 0.752. The lowest BCUT2D eigenvalue weighted by Crippen LogP contribution is -2.35. The molecule has 5 heteroatoms. The van der Waals surface area contributed by atoms with E-state index < -0.39 is 11.7 Å². The molecule has 0 spiro atoms. The Labute approximate surface area is 110 Å². The highest BCUT2D eigenvalue weighted by Gasteiger charge is 2.22. The Morgan fingerprint density at radius 3 is 2.83 bits per heavy atom. The number of methoxy groups -OCH3 is 1. The summed E-state index contributed by atoms with van der Waals surface area (Å²) in [6, 6.07) is 5.84. The van der Waals surface area contributed by atoms with E-state index in [1.165, 1.54) is 6.92 Å². The highest BCUT2D eigenvalue weighted by Crippen LogP contribution is 2.30. The third kappa shape index (κ3) is 2.67. The van der Waals surface area contributed by atoms with E-state index in [9.17, 15) is 9.59 Å². The smallest absolute Gasteiger partial charge is 0.289 e. The first kappa shape index (κ1) is 13.0. The first-order chi connectivity index (χ1) is 8.61. The van der Waals surface area contributed by atoms with Crippen LogP contribution in [0.3, 0.4) is 0 Å². The summed E-state index contributed by atoms with van der Waals surface area (Å²) in [5, 5.41) is 0. The third-order valence-corrected chi connectivity index (χ3v) is 3.93. The van der Waals surface area contributed by atoms with Gasteiger partial charge in [-0.25, -0.2) is 0 Å². The molecule has 0 unspecified atom stereocenters. The molecule has 1 aromatic rings. The summed E-state index contributed by atoms with van der Waals surface area (Å²) >= 11 is 1.70. The second-order valence-electron chi connectivity index (χ2n) is 4.11. The third-order valence-electron chi connectivity index (χ3n) is 2.84. The number of amides is 1. The molecule has 0 N–H and O–H groups in total. The molecule has 1 heterocycles. The molecule has 0 saturated carbocycles. The highest BCUT2D eigenvalue weighted by molar-refractivity contribution is 7.99. The molecule has 1 amide bonds. The van der Waals surface area contributed by atoms with E-state index in [-0.39, 0.29) is 0 Å². The number of carbonyl (C=O) groups excluding carboxylic acids is 2. The number of hydrogen-bond donors (Lipinski definition) is 0. The van der Waals surface area contributed by atoms with E-state index in [1.54, 1.807) is 23.8 Å². The van der Waals surface area contributed by atoms with Gasteiger partial charge in [0.1, 0.15) is 5.75 Å². The second-order valence-corrected chi connectivity index (χ2v) is 5.24. The van der Waals surface area contributed by atoms with Crippen LogP contribution in [0.2, 0.25) is 0 Å². The van der Waals surface area contributed by atoms with Crippen LogP contribution < -0.4 is 4.74 Å². The van der Waals surface area contributed by atoms with Gasteiger partial charge in [-0.15, -0.1) is 11.8 Å². The molecule has 4 nitrogen and oxygen atoms in total. The monoisotopic (exact) mass is 265 g/mol. The Hall–Kier alpha value is -1.49. The number of nitrogens with zero attached hydrogens (tertiary/aromatic N) is 1. The van der Waals surface area contributed by atoms with Gasteiger partial charge in [0, 0.05) is 30.7 Å². The van der Waals surface area contributed by atoms with Crippen LogP contribution in [0.25, 0.3) is 0 Å². The standard InChI is InChI=1S/C13H15NO3S/c1-9(15)13(16)14-5-6-18-12-4-3-11(17-2)7-10(12)8-14/h3-4,7H,5-6,8H2,1-2H3. The summed E-state index contributed by atoms with van der Waals surface area (Å²) in [6.45, 7) is 2.38. The maximum Gasteiger partial charge on any atom is 0.289 e. The van der Waals surface area contributed by atoms with Crippen LogP contribution in [0.15, 0.2) is 23.1 Å². The number of carbonyl (C=O) groups is 2. The summed E-state index contributed by atoms with van der Waals surface area (Å²) in [7, 11) is 1.62. The van der Waals surface area contributed by atoms with Gasteiger partial charge in [-0.05, 0) is 23.8 Å². The Balaban J connectivity index is 2.27. The molecule has 0 saturated heterocycles. The van der Waals surface area contributed by atoms with Crippen molar-refractivity contribution in [2.24, 2.45) is 0 Å². The van der Waals surface area contributed by atoms with Crippen LogP contribution in [-0.2, 0) is 16.1 Å². The number of ketones is 1. The number of benzene rings is 1. The molecule has 1 aliphatic heterocycles. The maximum atomic E-state index is 11.8. The van der Waals surface area contributed by atoms with Crippen LogP contribution in [0, 0.1) is 0 Å². The first-order valence-electron chi connectivity index (χ1n) is 5.71. The van der Waals surface area contributed by atoms with Crippen molar-refractivity contribution in [3.05, 3.63) is 23.8 Å². The van der Waals surface area contributed by atoms with Gasteiger partial charge in [-0.2, -0.15) is 0 Å². The van der Waals surface area contributed by atoms with Crippen molar-refractivity contribution in [2.45, 2.75) is 18.4 Å². The van der Waals surface area contributed by atoms with Gasteiger partial charge in [0.05, 0.1) is 7.11 Å². The van der Waals surface area contributed by atoms with Gasteiger partial charge in [-0.3, -0.25) is 9.59 Å². The highest BCUT2D eigenvalue weighted by atomic mass is 32.2. The lowest BCUT2D eigenvalue weighted by Gasteiger charge is -2.19. The molecule has 0 aromatic heterocycles. The quantitative estimate of drug-likeness (QED) is 0.764. The molecular formula is C13H15NO3S. The number of Topliss-reactive ketones (excluding diaryl/α,β-unsaturated/α-hetero) is 1. The van der Waals surface area contributed by atoms with Crippen molar-refractivity contribution in [1.29, 1.82) is 0 Å². The van der Waals surface area contributed by atoms with Gasteiger partial charge >= 0.3 is 0 Å². The molecule has 0 radical (unpaired) electrons. The van der Waals surface area contributed by atoms with Gasteiger partial charge < -0.3 is 9.64 Å². The minimum atomic E-state index is -0.411. The lowest BCUT2D eigenvalue weighted by molar-refractivity contribution is -0.143. The molecule has 0 atom stereocenters. The fourth-order valence-electron chi connectivity index (χ4n) is 1.89. The van der Waals surface area contributed by atoms with Crippen molar-refractivity contribution in [3.63, 3.8) is 0 Å². The fourth-order valence-corrected chi connectivity index (χ4v) is 2.90. The Kier molecular flexibility index (Phi) is 3.91. The number of hydrogen-bond acceptors (Lipinski definition) is 4. The van der Waals surface area contributed by atoms with E-state index >= 15 is 0 Å². The summed E-state index contributed by atoms with van der Waals surface area (Å²) in [6.07, 6.45) is 0. The summed E-state index contributed by atoms with van der Waals surface area (Å²) in [5.41, 5.74) is 1.03. The van der Waals surface area contributed by atoms with E-state index in [0.717, 1.165) is 22.0 Å². The molecule has 1 aliphatic rings. The van der Waals surface area contributed by atoms with Crippen LogP contribution in [0.4, 0.5) is 0 Å². The van der Waals surface area contributed by atoms with Crippen LogP contribution in [0.1, 0.15) is 12.5 Å². The van der Waals surface area contributed by atoms with E-state index in [1.807, 2.05) is 18.2 Å². The first-order valence-corrected chi connectivity index (χ1v) is 6.70. The van der Waals surface area contributed by atoms with Crippen molar-refractivity contribution < 1.29 is 14.3 Å². The molecule has 96 valence electrons. The van der Waals surface area contributed by atoms with E-state index in [0.29, 0.717) is 13.1 Å². The number of rotatable bonds is 2. The molecule has 0 fully saturated rings. The predicted octanol–water partition coefficient (Wildman–Crippen LogP) is 1.72.